The van der Waals surface area contributed by atoms with E-state index in [1.165, 1.54) is 6.07 Å². The van der Waals surface area contributed by atoms with Crippen LogP contribution in [0.1, 0.15) is 20.3 Å². The molecule has 1 heterocycles. The molecule has 0 amide bonds. The van der Waals surface area contributed by atoms with Crippen molar-refractivity contribution in [2.24, 2.45) is 0 Å². The van der Waals surface area contributed by atoms with Crippen LogP contribution in [0.25, 0.3) is 0 Å². The second-order valence-electron chi connectivity index (χ2n) is 5.19. The Bertz CT molecular complexity index is 376. The van der Waals surface area contributed by atoms with E-state index in [1.807, 2.05) is 24.1 Å². The smallest absolute Gasteiger partial charge is 0.146 e. The van der Waals surface area contributed by atoms with Crippen LogP contribution in [0.5, 0.6) is 0 Å². The molecule has 2 rings (SSSR count). The van der Waals surface area contributed by atoms with Crippen molar-refractivity contribution in [3.8, 4) is 0 Å². The monoisotopic (exact) mass is 222 g/mol. The number of halogens is 1. The SMILES string of the molecule is CN(c1ccccc1F)C1CNC(C)(C)C1. The molecular weight excluding hydrogens is 203 g/mol. The standard InChI is InChI=1S/C13H19FN2/c1-13(2)8-10(9-15-13)16(3)12-7-5-4-6-11(12)14/h4-7,10,15H,8-9H2,1-3H3. The van der Waals surface area contributed by atoms with Gasteiger partial charge in [-0.3, -0.25) is 0 Å². The van der Waals surface area contributed by atoms with Crippen molar-refractivity contribution in [3.63, 3.8) is 0 Å². The predicted molar refractivity (Wildman–Crippen MR) is 65.3 cm³/mol. The number of hydrogen-bond acceptors (Lipinski definition) is 2. The van der Waals surface area contributed by atoms with Crippen LogP contribution in [0.4, 0.5) is 10.1 Å². The molecule has 0 saturated carbocycles. The van der Waals surface area contributed by atoms with Gasteiger partial charge in [-0.05, 0) is 32.4 Å². The number of hydrogen-bond donors (Lipinski definition) is 1. The molecule has 0 aliphatic carbocycles. The Labute approximate surface area is 96.5 Å². The molecule has 1 aliphatic heterocycles. The average Bonchev–Trinajstić information content (AvgIpc) is 2.59. The molecule has 0 spiro atoms. The summed E-state index contributed by atoms with van der Waals surface area (Å²) in [6.45, 7) is 5.28. The van der Waals surface area contributed by atoms with E-state index in [4.69, 9.17) is 0 Å². The molecule has 1 atom stereocenters. The van der Waals surface area contributed by atoms with E-state index in [0.717, 1.165) is 13.0 Å². The zero-order chi connectivity index (χ0) is 11.8. The van der Waals surface area contributed by atoms with Crippen LogP contribution < -0.4 is 10.2 Å². The first-order valence-electron chi connectivity index (χ1n) is 5.72. The second kappa shape index (κ2) is 4.06. The van der Waals surface area contributed by atoms with Gasteiger partial charge in [-0.2, -0.15) is 0 Å². The normalized spacial score (nSPS) is 23.4. The highest BCUT2D eigenvalue weighted by molar-refractivity contribution is 5.48. The summed E-state index contributed by atoms with van der Waals surface area (Å²) in [5, 5.41) is 3.45. The molecule has 0 bridgehead atoms. The maximum atomic E-state index is 13.6. The fourth-order valence-electron chi connectivity index (χ4n) is 2.34. The van der Waals surface area contributed by atoms with Gasteiger partial charge in [0.2, 0.25) is 0 Å². The van der Waals surface area contributed by atoms with Gasteiger partial charge in [-0.15, -0.1) is 0 Å². The third kappa shape index (κ3) is 2.19. The van der Waals surface area contributed by atoms with Crippen LogP contribution in [-0.4, -0.2) is 25.2 Å². The largest absolute Gasteiger partial charge is 0.368 e. The van der Waals surface area contributed by atoms with Crippen molar-refractivity contribution in [2.75, 3.05) is 18.5 Å². The maximum Gasteiger partial charge on any atom is 0.146 e. The fourth-order valence-corrected chi connectivity index (χ4v) is 2.34. The topological polar surface area (TPSA) is 15.3 Å². The van der Waals surface area contributed by atoms with E-state index in [1.54, 1.807) is 6.07 Å². The number of rotatable bonds is 2. The highest BCUT2D eigenvalue weighted by Crippen LogP contribution is 2.26. The molecule has 1 fully saturated rings. The Kier molecular flexibility index (Phi) is 2.89. The second-order valence-corrected chi connectivity index (χ2v) is 5.19. The lowest BCUT2D eigenvalue weighted by Gasteiger charge is -2.27. The van der Waals surface area contributed by atoms with Crippen molar-refractivity contribution in [1.82, 2.24) is 5.32 Å². The molecule has 1 N–H and O–H groups in total. The van der Waals surface area contributed by atoms with Crippen LogP contribution in [0, 0.1) is 5.82 Å². The first-order chi connectivity index (χ1) is 7.49. The number of benzene rings is 1. The van der Waals surface area contributed by atoms with Crippen molar-refractivity contribution >= 4 is 5.69 Å². The lowest BCUT2D eigenvalue weighted by atomic mass is 10.0. The predicted octanol–water partition coefficient (Wildman–Crippen LogP) is 2.40. The molecule has 1 aliphatic rings. The van der Waals surface area contributed by atoms with Gasteiger partial charge in [-0.25, -0.2) is 4.39 Å². The number of nitrogens with one attached hydrogen (secondary N) is 1. The molecule has 3 heteroatoms. The summed E-state index contributed by atoms with van der Waals surface area (Å²) in [4.78, 5) is 2.04. The Morgan fingerprint density at radius 3 is 2.62 bits per heavy atom. The van der Waals surface area contributed by atoms with Crippen molar-refractivity contribution in [3.05, 3.63) is 30.1 Å². The average molecular weight is 222 g/mol. The minimum absolute atomic E-state index is 0.144. The van der Waals surface area contributed by atoms with Crippen molar-refractivity contribution < 1.29 is 4.39 Å². The molecule has 1 saturated heterocycles. The summed E-state index contributed by atoms with van der Waals surface area (Å²) in [7, 11) is 1.96. The Hall–Kier alpha value is -1.09. The van der Waals surface area contributed by atoms with Gasteiger partial charge in [0, 0.05) is 25.2 Å². The molecule has 1 aromatic carbocycles. The zero-order valence-corrected chi connectivity index (χ0v) is 10.1. The van der Waals surface area contributed by atoms with Crippen LogP contribution in [0.2, 0.25) is 0 Å². The third-order valence-corrected chi connectivity index (χ3v) is 3.34. The molecule has 1 unspecified atom stereocenters. The van der Waals surface area contributed by atoms with Gasteiger partial charge >= 0.3 is 0 Å². The molecule has 16 heavy (non-hydrogen) atoms. The van der Waals surface area contributed by atoms with Gasteiger partial charge in [0.1, 0.15) is 5.82 Å². The van der Waals surface area contributed by atoms with E-state index < -0.39 is 0 Å². The van der Waals surface area contributed by atoms with Gasteiger partial charge in [0.25, 0.3) is 0 Å². The highest BCUT2D eigenvalue weighted by atomic mass is 19.1. The van der Waals surface area contributed by atoms with E-state index in [0.29, 0.717) is 11.7 Å². The summed E-state index contributed by atoms with van der Waals surface area (Å²) < 4.78 is 13.6. The summed E-state index contributed by atoms with van der Waals surface area (Å²) >= 11 is 0. The van der Waals surface area contributed by atoms with Crippen LogP contribution in [-0.2, 0) is 0 Å². The molecular formula is C13H19FN2. The van der Waals surface area contributed by atoms with Gasteiger partial charge in [-0.1, -0.05) is 12.1 Å². The fraction of sp³-hybridized carbons (Fsp3) is 0.538. The Morgan fingerprint density at radius 2 is 2.06 bits per heavy atom. The number of anilines is 1. The van der Waals surface area contributed by atoms with E-state index >= 15 is 0 Å². The highest BCUT2D eigenvalue weighted by Gasteiger charge is 2.33. The van der Waals surface area contributed by atoms with Crippen LogP contribution in [0.15, 0.2) is 24.3 Å². The molecule has 0 radical (unpaired) electrons. The van der Waals surface area contributed by atoms with Crippen LogP contribution >= 0.6 is 0 Å². The lowest BCUT2D eigenvalue weighted by molar-refractivity contribution is 0.453. The molecule has 1 aromatic rings. The van der Waals surface area contributed by atoms with Crippen molar-refractivity contribution in [2.45, 2.75) is 31.8 Å². The molecule has 0 aromatic heterocycles. The molecule has 88 valence electrons. The van der Waals surface area contributed by atoms with E-state index in [2.05, 4.69) is 19.2 Å². The first-order valence-corrected chi connectivity index (χ1v) is 5.72. The number of nitrogens with zero attached hydrogens (tertiary/aromatic N) is 1. The van der Waals surface area contributed by atoms with Gasteiger partial charge in [0.15, 0.2) is 0 Å². The van der Waals surface area contributed by atoms with Crippen molar-refractivity contribution in [1.29, 1.82) is 0 Å². The Morgan fingerprint density at radius 1 is 1.38 bits per heavy atom. The number of para-hydroxylation sites is 1. The summed E-state index contributed by atoms with van der Waals surface area (Å²) in [5.74, 6) is -0.144. The maximum absolute atomic E-state index is 13.6. The summed E-state index contributed by atoms with van der Waals surface area (Å²) in [5.41, 5.74) is 0.844. The van der Waals surface area contributed by atoms with E-state index in [9.17, 15) is 4.39 Å². The molecule has 2 nitrogen and oxygen atoms in total. The van der Waals surface area contributed by atoms with Gasteiger partial charge < -0.3 is 10.2 Å². The van der Waals surface area contributed by atoms with Gasteiger partial charge in [0.05, 0.1) is 5.69 Å². The Balaban J connectivity index is 2.15. The minimum atomic E-state index is -0.144. The zero-order valence-electron chi connectivity index (χ0n) is 10.1. The quantitative estimate of drug-likeness (QED) is 0.826. The minimum Gasteiger partial charge on any atom is -0.368 e. The summed E-state index contributed by atoms with van der Waals surface area (Å²) in [6, 6.07) is 7.32. The number of likely N-dealkylation sites (N-methyl/N-ethyl adjacent to an activating group) is 1. The lowest BCUT2D eigenvalue weighted by Crippen LogP contribution is -2.33. The summed E-state index contributed by atoms with van der Waals surface area (Å²) in [6.07, 6.45) is 1.04. The first kappa shape index (κ1) is 11.4. The van der Waals surface area contributed by atoms with E-state index in [-0.39, 0.29) is 11.4 Å². The third-order valence-electron chi connectivity index (χ3n) is 3.34. The van der Waals surface area contributed by atoms with Crippen LogP contribution in [0.3, 0.4) is 0 Å².